The third kappa shape index (κ3) is 4.79. The molecular formula is C56H55NS. The number of nitrogens with zero attached hydrogens (tertiary/aromatic N) is 1. The smallest absolute Gasteiger partial charge is 0.0465 e. The molecule has 1 aliphatic heterocycles. The zero-order valence-corrected chi connectivity index (χ0v) is 35.8. The molecule has 58 heavy (non-hydrogen) atoms. The molecule has 13 rings (SSSR count). The van der Waals surface area contributed by atoms with Gasteiger partial charge in [0, 0.05) is 37.7 Å². The van der Waals surface area contributed by atoms with Crippen molar-refractivity contribution >= 4 is 28.8 Å². The Morgan fingerprint density at radius 1 is 0.483 bits per heavy atom. The molecule has 6 aromatic rings. The Labute approximate surface area is 350 Å². The normalized spacial score (nSPS) is 26.8. The van der Waals surface area contributed by atoms with Crippen molar-refractivity contribution < 1.29 is 0 Å². The summed E-state index contributed by atoms with van der Waals surface area (Å²) in [6.45, 7) is 14.5. The van der Waals surface area contributed by atoms with Gasteiger partial charge in [-0.05, 0) is 177 Å². The van der Waals surface area contributed by atoms with Crippen molar-refractivity contribution in [2.45, 2.75) is 112 Å². The molecule has 5 unspecified atom stereocenters. The maximum Gasteiger partial charge on any atom is 0.0465 e. The van der Waals surface area contributed by atoms with Crippen LogP contribution in [-0.4, -0.2) is 0 Å². The molecular weight excluding hydrogens is 719 g/mol. The van der Waals surface area contributed by atoms with Gasteiger partial charge in [0.15, 0.2) is 0 Å². The molecule has 290 valence electrons. The molecule has 1 spiro atoms. The molecule has 0 amide bonds. The van der Waals surface area contributed by atoms with Gasteiger partial charge in [-0.15, -0.1) is 0 Å². The number of benzene rings is 6. The molecule has 6 aromatic carbocycles. The minimum atomic E-state index is -0.0690. The maximum absolute atomic E-state index is 2.56. The lowest BCUT2D eigenvalue weighted by Gasteiger charge is -2.49. The summed E-state index contributed by atoms with van der Waals surface area (Å²) in [6.07, 6.45) is 8.15. The van der Waals surface area contributed by atoms with E-state index in [4.69, 9.17) is 0 Å². The molecule has 4 bridgehead atoms. The second-order valence-electron chi connectivity index (χ2n) is 20.8. The molecule has 5 atom stereocenters. The summed E-state index contributed by atoms with van der Waals surface area (Å²) in [5, 5.41) is 0. The van der Waals surface area contributed by atoms with Gasteiger partial charge in [0.05, 0.1) is 0 Å². The van der Waals surface area contributed by atoms with Crippen molar-refractivity contribution in [1.29, 1.82) is 0 Å². The molecule has 1 nitrogen and oxygen atoms in total. The van der Waals surface area contributed by atoms with Gasteiger partial charge in [0.1, 0.15) is 0 Å². The van der Waals surface area contributed by atoms with Gasteiger partial charge in [-0.1, -0.05) is 132 Å². The summed E-state index contributed by atoms with van der Waals surface area (Å²) in [5.41, 5.74) is 18.5. The van der Waals surface area contributed by atoms with Gasteiger partial charge in [-0.2, -0.15) is 0 Å². The van der Waals surface area contributed by atoms with Gasteiger partial charge >= 0.3 is 0 Å². The molecule has 0 radical (unpaired) electrons. The van der Waals surface area contributed by atoms with Crippen molar-refractivity contribution in [1.82, 2.24) is 0 Å². The Morgan fingerprint density at radius 2 is 1.10 bits per heavy atom. The van der Waals surface area contributed by atoms with Crippen LogP contribution < -0.4 is 4.90 Å². The van der Waals surface area contributed by atoms with Crippen LogP contribution in [-0.2, 0) is 21.7 Å². The first kappa shape index (κ1) is 35.4. The van der Waals surface area contributed by atoms with Crippen LogP contribution in [0, 0.1) is 23.7 Å². The number of fused-ring (bicyclic) bond motifs is 6. The van der Waals surface area contributed by atoms with E-state index in [2.05, 4.69) is 174 Å². The highest BCUT2D eigenvalue weighted by Crippen LogP contribution is 2.72. The topological polar surface area (TPSA) is 3.24 Å². The standard InChI is InChI=1S/C56H55NS/c1-53(2)25-26-54(3,4)50-33-41(21-24-45(50)53)57(40-20-22-43-42-11-7-8-12-44(42)55(5,6)49(43)32-40)39-18-15-35(16-19-39)36-17-23-47-52(31-36)58-51-14-10-9-13-46(51)56(47)38-28-34-27-37(30-38)48(56)29-34/h7-24,31-34,37-38,48H,25-30H2,1-6H3. The van der Waals surface area contributed by atoms with Gasteiger partial charge in [0.25, 0.3) is 0 Å². The Bertz CT molecular complexity index is 2670. The first-order chi connectivity index (χ1) is 27.9. The van der Waals surface area contributed by atoms with Gasteiger partial charge in [-0.25, -0.2) is 0 Å². The van der Waals surface area contributed by atoms with Crippen LogP contribution in [0.5, 0.6) is 0 Å². The molecule has 1 heterocycles. The predicted octanol–water partition coefficient (Wildman–Crippen LogP) is 15.3. The molecule has 0 N–H and O–H groups in total. The van der Waals surface area contributed by atoms with Crippen molar-refractivity contribution in [3.8, 4) is 22.3 Å². The number of anilines is 3. The molecule has 2 heteroatoms. The van der Waals surface area contributed by atoms with Crippen molar-refractivity contribution in [2.24, 2.45) is 23.7 Å². The average molecular weight is 774 g/mol. The van der Waals surface area contributed by atoms with Crippen LogP contribution in [0.3, 0.4) is 0 Å². The quantitative estimate of drug-likeness (QED) is 0.176. The highest BCUT2D eigenvalue weighted by molar-refractivity contribution is 7.99. The Balaban J connectivity index is 0.962. The van der Waals surface area contributed by atoms with Gasteiger partial charge in [0.2, 0.25) is 0 Å². The fourth-order valence-corrected chi connectivity index (χ4v) is 15.0. The molecule has 7 aliphatic rings. The monoisotopic (exact) mass is 773 g/mol. The summed E-state index contributed by atoms with van der Waals surface area (Å²) in [7, 11) is 0. The molecule has 6 aliphatic carbocycles. The van der Waals surface area contributed by atoms with Crippen LogP contribution in [0.15, 0.2) is 137 Å². The molecule has 4 fully saturated rings. The third-order valence-electron chi connectivity index (χ3n) is 16.6. The zero-order valence-electron chi connectivity index (χ0n) is 35.0. The number of rotatable bonds is 4. The summed E-state index contributed by atoms with van der Waals surface area (Å²) in [4.78, 5) is 5.50. The van der Waals surface area contributed by atoms with E-state index in [1.165, 1.54) is 110 Å². The van der Waals surface area contributed by atoms with Crippen molar-refractivity contribution in [2.75, 3.05) is 4.90 Å². The Kier molecular flexibility index (Phi) is 7.35. The molecule has 0 saturated heterocycles. The van der Waals surface area contributed by atoms with E-state index >= 15 is 0 Å². The highest BCUT2D eigenvalue weighted by atomic mass is 32.2. The van der Waals surface area contributed by atoms with E-state index in [9.17, 15) is 0 Å². The first-order valence-electron chi connectivity index (χ1n) is 22.2. The van der Waals surface area contributed by atoms with Gasteiger partial charge in [-0.3, -0.25) is 0 Å². The van der Waals surface area contributed by atoms with E-state index in [1.807, 2.05) is 11.8 Å². The van der Waals surface area contributed by atoms with Crippen LogP contribution in [0.2, 0.25) is 0 Å². The summed E-state index contributed by atoms with van der Waals surface area (Å²) in [5.74, 6) is 3.45. The van der Waals surface area contributed by atoms with E-state index in [-0.39, 0.29) is 21.7 Å². The fourth-order valence-electron chi connectivity index (χ4n) is 13.7. The summed E-state index contributed by atoms with van der Waals surface area (Å²) >= 11 is 2.02. The lowest BCUT2D eigenvalue weighted by atomic mass is 9.57. The largest absolute Gasteiger partial charge is 0.310 e. The Morgan fingerprint density at radius 3 is 1.90 bits per heavy atom. The van der Waals surface area contributed by atoms with Crippen molar-refractivity contribution in [3.05, 3.63) is 161 Å². The lowest BCUT2D eigenvalue weighted by molar-refractivity contribution is 0.181. The minimum Gasteiger partial charge on any atom is -0.310 e. The van der Waals surface area contributed by atoms with E-state index in [0.717, 1.165) is 23.7 Å². The van der Waals surface area contributed by atoms with Crippen LogP contribution in [0.1, 0.15) is 113 Å². The lowest BCUT2D eigenvalue weighted by Crippen LogP contribution is -2.43. The third-order valence-corrected chi connectivity index (χ3v) is 17.7. The molecule has 4 saturated carbocycles. The SMILES string of the molecule is CC1(C)CCC(C)(C)c2cc(N(c3ccc(-c4ccc5c(c4)Sc4ccccc4C54C5CC6CC(C5)C4C6)cc3)c3ccc4c(c3)C(C)(C)c3ccccc3-4)ccc21. The van der Waals surface area contributed by atoms with Crippen LogP contribution in [0.4, 0.5) is 17.1 Å². The number of hydrogen-bond donors (Lipinski definition) is 0. The second kappa shape index (κ2) is 12.0. The van der Waals surface area contributed by atoms with E-state index in [0.29, 0.717) is 0 Å². The van der Waals surface area contributed by atoms with Gasteiger partial charge < -0.3 is 4.90 Å². The number of hydrogen-bond acceptors (Lipinski definition) is 2. The van der Waals surface area contributed by atoms with Crippen LogP contribution >= 0.6 is 11.8 Å². The highest BCUT2D eigenvalue weighted by Gasteiger charge is 2.65. The minimum absolute atomic E-state index is 0.0690. The maximum atomic E-state index is 2.56. The molecule has 0 aromatic heterocycles. The van der Waals surface area contributed by atoms with Crippen LogP contribution in [0.25, 0.3) is 22.3 Å². The Hall–Kier alpha value is -4.53. The van der Waals surface area contributed by atoms with E-state index in [1.54, 1.807) is 11.1 Å². The predicted molar refractivity (Wildman–Crippen MR) is 243 cm³/mol. The zero-order chi connectivity index (χ0) is 39.3. The first-order valence-corrected chi connectivity index (χ1v) is 23.0. The summed E-state index contributed by atoms with van der Waals surface area (Å²) in [6, 6.07) is 50.0. The fraction of sp³-hybridized carbons (Fsp3) is 0.357. The summed E-state index contributed by atoms with van der Waals surface area (Å²) < 4.78 is 0. The van der Waals surface area contributed by atoms with Crippen molar-refractivity contribution in [3.63, 3.8) is 0 Å². The average Bonchev–Trinajstić information content (AvgIpc) is 3.74. The second-order valence-corrected chi connectivity index (χ2v) is 21.9. The van der Waals surface area contributed by atoms with E-state index < -0.39 is 0 Å².